The molecule has 5 rings (SSSR count). The van der Waals surface area contributed by atoms with Gasteiger partial charge in [0.15, 0.2) is 17.3 Å². The van der Waals surface area contributed by atoms with Gasteiger partial charge in [0, 0.05) is 57.0 Å². The van der Waals surface area contributed by atoms with Crippen LogP contribution in [0.15, 0.2) is 36.4 Å². The predicted molar refractivity (Wildman–Crippen MR) is 135 cm³/mol. The van der Waals surface area contributed by atoms with Crippen LogP contribution in [0.4, 0.5) is 5.69 Å². The second-order valence-corrected chi connectivity index (χ2v) is 9.35. The maximum absolute atomic E-state index is 13.0. The van der Waals surface area contributed by atoms with E-state index in [-0.39, 0.29) is 11.6 Å². The van der Waals surface area contributed by atoms with Crippen LogP contribution < -0.4 is 0 Å². The van der Waals surface area contributed by atoms with E-state index in [0.29, 0.717) is 49.8 Å². The molecule has 37 heavy (non-hydrogen) atoms. The van der Waals surface area contributed by atoms with Crippen LogP contribution in [-0.4, -0.2) is 76.4 Å². The van der Waals surface area contributed by atoms with Crippen LogP contribution in [0.1, 0.15) is 34.8 Å². The lowest BCUT2D eigenvalue weighted by Crippen LogP contribution is -2.48. The van der Waals surface area contributed by atoms with Crippen molar-refractivity contribution in [1.82, 2.24) is 39.4 Å². The molecule has 1 amide bonds. The number of hydrogen-bond acceptors (Lipinski definition) is 8. The molecule has 3 aromatic heterocycles. The standard InChI is InChI=1S/C25H29N9O3/c1-17-22(18(2)32(28-17)24-10-9-23-27-26-19(3)33(23)29-24)8-11-25(35)31-14-12-30(13-15-31)16-20-4-6-21(7-5-20)34(36)37/h4-7,9-10H,8,11-16H2,1-3H3. The van der Waals surface area contributed by atoms with Crippen molar-refractivity contribution < 1.29 is 9.72 Å². The number of piperazine rings is 1. The van der Waals surface area contributed by atoms with Crippen molar-refractivity contribution >= 4 is 17.2 Å². The van der Waals surface area contributed by atoms with Crippen molar-refractivity contribution in [2.45, 2.75) is 40.2 Å². The van der Waals surface area contributed by atoms with E-state index in [9.17, 15) is 14.9 Å². The topological polar surface area (TPSA) is 128 Å². The van der Waals surface area contributed by atoms with Crippen molar-refractivity contribution in [3.63, 3.8) is 0 Å². The van der Waals surface area contributed by atoms with Crippen LogP contribution in [0.3, 0.4) is 0 Å². The van der Waals surface area contributed by atoms with Gasteiger partial charge in [0.1, 0.15) is 0 Å². The minimum Gasteiger partial charge on any atom is -0.340 e. The van der Waals surface area contributed by atoms with Crippen LogP contribution in [-0.2, 0) is 17.8 Å². The van der Waals surface area contributed by atoms with Crippen molar-refractivity contribution in [2.75, 3.05) is 26.2 Å². The van der Waals surface area contributed by atoms with Gasteiger partial charge < -0.3 is 4.90 Å². The normalized spacial score (nSPS) is 14.4. The number of hydrogen-bond donors (Lipinski definition) is 0. The zero-order chi connectivity index (χ0) is 26.1. The zero-order valence-corrected chi connectivity index (χ0v) is 21.2. The third kappa shape index (κ3) is 5.05. The van der Waals surface area contributed by atoms with Crippen LogP contribution in [0.25, 0.3) is 11.5 Å². The Hall–Kier alpha value is -4.19. The molecular formula is C25H29N9O3. The molecule has 1 fully saturated rings. The highest BCUT2D eigenvalue weighted by Gasteiger charge is 2.22. The fourth-order valence-electron chi connectivity index (χ4n) is 4.79. The number of benzene rings is 1. The Morgan fingerprint density at radius 1 is 0.973 bits per heavy atom. The number of amides is 1. The van der Waals surface area contributed by atoms with Crippen LogP contribution in [0.2, 0.25) is 0 Å². The summed E-state index contributed by atoms with van der Waals surface area (Å²) in [6, 6.07) is 10.4. The molecule has 1 aromatic carbocycles. The lowest BCUT2D eigenvalue weighted by atomic mass is 10.1. The lowest BCUT2D eigenvalue weighted by molar-refractivity contribution is -0.384. The number of carbonyl (C=O) groups excluding carboxylic acids is 1. The summed E-state index contributed by atoms with van der Waals surface area (Å²) in [6.07, 6.45) is 1.04. The Balaban J connectivity index is 1.17. The number of fused-ring (bicyclic) bond motifs is 1. The zero-order valence-electron chi connectivity index (χ0n) is 21.2. The summed E-state index contributed by atoms with van der Waals surface area (Å²) in [4.78, 5) is 27.6. The first kappa shape index (κ1) is 24.5. The average molecular weight is 504 g/mol. The number of nitro benzene ring substituents is 1. The van der Waals surface area contributed by atoms with Crippen molar-refractivity contribution in [2.24, 2.45) is 0 Å². The molecule has 1 aliphatic heterocycles. The van der Waals surface area contributed by atoms with Crippen molar-refractivity contribution in [3.8, 4) is 5.82 Å². The molecule has 0 atom stereocenters. The minimum atomic E-state index is -0.391. The summed E-state index contributed by atoms with van der Waals surface area (Å²) in [5.41, 5.74) is 4.73. The molecule has 0 saturated carbocycles. The van der Waals surface area contributed by atoms with Crippen LogP contribution in [0.5, 0.6) is 0 Å². The van der Waals surface area contributed by atoms with Crippen LogP contribution >= 0.6 is 0 Å². The second-order valence-electron chi connectivity index (χ2n) is 9.35. The second kappa shape index (κ2) is 10.1. The molecule has 4 heterocycles. The molecule has 4 aromatic rings. The van der Waals surface area contributed by atoms with Crippen LogP contribution in [0, 0.1) is 30.9 Å². The van der Waals surface area contributed by atoms with Gasteiger partial charge in [0.05, 0.1) is 10.6 Å². The molecule has 0 radical (unpaired) electrons. The number of carbonyl (C=O) groups is 1. The lowest BCUT2D eigenvalue weighted by Gasteiger charge is -2.34. The van der Waals surface area contributed by atoms with Crippen molar-refractivity contribution in [3.05, 3.63) is 74.9 Å². The molecule has 0 aliphatic carbocycles. The molecule has 0 spiro atoms. The molecule has 192 valence electrons. The summed E-state index contributed by atoms with van der Waals surface area (Å²) in [6.45, 7) is 9.42. The summed E-state index contributed by atoms with van der Waals surface area (Å²) < 4.78 is 3.50. The fourth-order valence-corrected chi connectivity index (χ4v) is 4.79. The summed E-state index contributed by atoms with van der Waals surface area (Å²) in [7, 11) is 0. The Kier molecular flexibility index (Phi) is 6.66. The third-order valence-electron chi connectivity index (χ3n) is 6.93. The first-order valence-corrected chi connectivity index (χ1v) is 12.3. The summed E-state index contributed by atoms with van der Waals surface area (Å²) in [5.74, 6) is 1.52. The number of rotatable bonds is 7. The van der Waals surface area contributed by atoms with E-state index in [1.807, 2.05) is 42.5 Å². The number of nitrogens with zero attached hydrogens (tertiary/aromatic N) is 9. The molecule has 1 saturated heterocycles. The van der Waals surface area contributed by atoms with Gasteiger partial charge in [-0.3, -0.25) is 19.8 Å². The Labute approximate surface area is 213 Å². The Bertz CT molecular complexity index is 1450. The van der Waals surface area contributed by atoms with E-state index in [0.717, 1.165) is 35.6 Å². The van der Waals surface area contributed by atoms with E-state index in [4.69, 9.17) is 0 Å². The number of aromatic nitrogens is 6. The van der Waals surface area contributed by atoms with Gasteiger partial charge in [-0.1, -0.05) is 12.1 Å². The summed E-state index contributed by atoms with van der Waals surface area (Å²) in [5, 5.41) is 28.3. The molecule has 12 heteroatoms. The first-order chi connectivity index (χ1) is 17.8. The Morgan fingerprint density at radius 2 is 1.70 bits per heavy atom. The van der Waals surface area contributed by atoms with Gasteiger partial charge >= 0.3 is 0 Å². The van der Waals surface area contributed by atoms with E-state index in [1.165, 1.54) is 12.1 Å². The number of aryl methyl sites for hydroxylation is 2. The quantitative estimate of drug-likeness (QED) is 0.278. The van der Waals surface area contributed by atoms with Gasteiger partial charge in [-0.05, 0) is 50.5 Å². The van der Waals surface area contributed by atoms with Gasteiger partial charge in [-0.25, -0.2) is 4.68 Å². The highest BCUT2D eigenvalue weighted by molar-refractivity contribution is 5.76. The SMILES string of the molecule is Cc1nn(-c2ccc3nnc(C)n3n2)c(C)c1CCC(=O)N1CCN(Cc2ccc([N+](=O)[O-])cc2)CC1. The average Bonchev–Trinajstić information content (AvgIpc) is 3.41. The smallest absolute Gasteiger partial charge is 0.269 e. The predicted octanol–water partition coefficient (Wildman–Crippen LogP) is 2.42. The van der Waals surface area contributed by atoms with Gasteiger partial charge in [0.25, 0.3) is 5.69 Å². The molecule has 1 aliphatic rings. The highest BCUT2D eigenvalue weighted by atomic mass is 16.6. The maximum atomic E-state index is 13.0. The molecule has 0 bridgehead atoms. The largest absolute Gasteiger partial charge is 0.340 e. The van der Waals surface area contributed by atoms with E-state index < -0.39 is 4.92 Å². The molecule has 0 unspecified atom stereocenters. The maximum Gasteiger partial charge on any atom is 0.269 e. The van der Waals surface area contributed by atoms with E-state index in [1.54, 1.807) is 16.6 Å². The van der Waals surface area contributed by atoms with Gasteiger partial charge in [-0.15, -0.1) is 15.3 Å². The molecule has 12 nitrogen and oxygen atoms in total. The van der Waals surface area contributed by atoms with Gasteiger partial charge in [0.2, 0.25) is 5.91 Å². The van der Waals surface area contributed by atoms with E-state index >= 15 is 0 Å². The van der Waals surface area contributed by atoms with Gasteiger partial charge in [-0.2, -0.15) is 9.61 Å². The first-order valence-electron chi connectivity index (χ1n) is 12.3. The molecule has 0 N–H and O–H groups in total. The molecular weight excluding hydrogens is 474 g/mol. The minimum absolute atomic E-state index is 0.0955. The monoisotopic (exact) mass is 503 g/mol. The highest BCUT2D eigenvalue weighted by Crippen LogP contribution is 2.20. The van der Waals surface area contributed by atoms with Crippen molar-refractivity contribution in [1.29, 1.82) is 0 Å². The number of non-ortho nitro benzene ring substituents is 1. The fraction of sp³-hybridized carbons (Fsp3) is 0.400. The van der Waals surface area contributed by atoms with E-state index in [2.05, 4.69) is 25.3 Å². The third-order valence-corrected chi connectivity index (χ3v) is 6.93. The Morgan fingerprint density at radius 3 is 2.41 bits per heavy atom. The summed E-state index contributed by atoms with van der Waals surface area (Å²) >= 11 is 0. The number of nitro groups is 1.